The quantitative estimate of drug-likeness (QED) is 0.609. The lowest BCUT2D eigenvalue weighted by Crippen LogP contribution is -2.43. The normalized spacial score (nSPS) is 24.3. The molecule has 0 unspecified atom stereocenters. The summed E-state index contributed by atoms with van der Waals surface area (Å²) in [5.74, 6) is 0.406. The summed E-state index contributed by atoms with van der Waals surface area (Å²) in [5.41, 5.74) is 6.36. The van der Waals surface area contributed by atoms with E-state index in [4.69, 9.17) is 5.73 Å². The smallest absolute Gasteiger partial charge is 0.338 e. The van der Waals surface area contributed by atoms with Crippen LogP contribution in [0.25, 0.3) is 0 Å². The van der Waals surface area contributed by atoms with Gasteiger partial charge in [0.2, 0.25) is 0 Å². The summed E-state index contributed by atoms with van der Waals surface area (Å²) in [6, 6.07) is 9.31. The molecule has 0 aliphatic heterocycles. The Morgan fingerprint density at radius 2 is 2.00 bits per heavy atom. The fourth-order valence-corrected chi connectivity index (χ4v) is 2.59. The maximum absolute atomic E-state index is 10.9. The second-order valence-electron chi connectivity index (χ2n) is 4.61. The highest BCUT2D eigenvalue weighted by Gasteiger charge is 2.28. The second kappa shape index (κ2) is 5.19. The number of carbonyl (C=O) groups excluding carboxylic acids is 1. The molecular weight excluding hydrogens is 216 g/mol. The lowest BCUT2D eigenvalue weighted by Gasteiger charge is -2.33. The van der Waals surface area contributed by atoms with E-state index in [0.717, 1.165) is 25.7 Å². The Kier molecular flexibility index (Phi) is 3.64. The molecule has 1 aliphatic carbocycles. The van der Waals surface area contributed by atoms with Crippen LogP contribution in [-0.2, 0) is 0 Å². The fraction of sp³-hybridized carbons (Fsp3) is 0.462. The van der Waals surface area contributed by atoms with E-state index in [-0.39, 0.29) is 6.04 Å². The first-order valence-electron chi connectivity index (χ1n) is 6.01. The summed E-state index contributed by atoms with van der Waals surface area (Å²) in [6.07, 6.45) is 3.72. The second-order valence-corrected chi connectivity index (χ2v) is 4.61. The van der Waals surface area contributed by atoms with Gasteiger partial charge in [-0.05, 0) is 30.7 Å². The average molecular weight is 234 g/mol. The van der Waals surface area contributed by atoms with Crippen LogP contribution in [0.15, 0.2) is 30.3 Å². The van der Waals surface area contributed by atoms with E-state index in [1.807, 2.05) is 18.2 Å². The maximum Gasteiger partial charge on any atom is 0.338 e. The van der Waals surface area contributed by atoms with Gasteiger partial charge in [-0.1, -0.05) is 36.8 Å². The minimum atomic E-state index is -0.760. The Labute approximate surface area is 101 Å². The summed E-state index contributed by atoms with van der Waals surface area (Å²) in [7, 11) is 0. The first kappa shape index (κ1) is 11.9. The molecule has 3 N–H and O–H groups in total. The first-order chi connectivity index (χ1) is 8.18. The molecule has 0 spiro atoms. The summed E-state index contributed by atoms with van der Waals surface area (Å²) >= 11 is 0. The standard InChI is InChI=1S/C13H18N2O2/c14-13(16)15(17)12-8-4-7-11(9-12)10-5-2-1-3-6-10/h1-3,5-6,11-12,17H,4,7-9H2,(H2,14,16)/t11-,12+/m1/s1. The van der Waals surface area contributed by atoms with Gasteiger partial charge in [0.05, 0.1) is 6.04 Å². The number of hydroxylamine groups is 2. The van der Waals surface area contributed by atoms with Crippen LogP contribution in [0.1, 0.15) is 37.2 Å². The van der Waals surface area contributed by atoms with Crippen molar-refractivity contribution in [1.82, 2.24) is 5.06 Å². The van der Waals surface area contributed by atoms with Crippen LogP contribution >= 0.6 is 0 Å². The van der Waals surface area contributed by atoms with Crippen molar-refractivity contribution < 1.29 is 10.0 Å². The van der Waals surface area contributed by atoms with Crippen LogP contribution in [0.5, 0.6) is 0 Å². The van der Waals surface area contributed by atoms with E-state index in [1.54, 1.807) is 0 Å². The van der Waals surface area contributed by atoms with Gasteiger partial charge in [0.15, 0.2) is 0 Å². The number of urea groups is 1. The van der Waals surface area contributed by atoms with Crippen molar-refractivity contribution in [2.75, 3.05) is 0 Å². The number of primary amides is 1. The molecule has 1 aliphatic rings. The molecule has 4 heteroatoms. The monoisotopic (exact) mass is 234 g/mol. The summed E-state index contributed by atoms with van der Waals surface area (Å²) in [4.78, 5) is 10.9. The van der Waals surface area contributed by atoms with Gasteiger partial charge in [-0.2, -0.15) is 0 Å². The predicted molar refractivity (Wildman–Crippen MR) is 64.6 cm³/mol. The van der Waals surface area contributed by atoms with Crippen LogP contribution < -0.4 is 5.73 Å². The molecule has 0 bridgehead atoms. The zero-order valence-electron chi connectivity index (χ0n) is 9.75. The van der Waals surface area contributed by atoms with Crippen molar-refractivity contribution >= 4 is 6.03 Å². The van der Waals surface area contributed by atoms with E-state index in [0.29, 0.717) is 11.0 Å². The Morgan fingerprint density at radius 3 is 2.65 bits per heavy atom. The predicted octanol–water partition coefficient (Wildman–Crippen LogP) is 2.48. The van der Waals surface area contributed by atoms with E-state index in [1.165, 1.54) is 5.56 Å². The molecule has 2 amide bonds. The number of nitrogens with zero attached hydrogens (tertiary/aromatic N) is 1. The van der Waals surface area contributed by atoms with Gasteiger partial charge in [0.1, 0.15) is 0 Å². The van der Waals surface area contributed by atoms with Gasteiger partial charge in [0, 0.05) is 0 Å². The molecule has 17 heavy (non-hydrogen) atoms. The maximum atomic E-state index is 10.9. The molecule has 1 saturated carbocycles. The molecule has 1 aromatic carbocycles. The zero-order chi connectivity index (χ0) is 12.3. The highest BCUT2D eigenvalue weighted by Crippen LogP contribution is 2.34. The fourth-order valence-electron chi connectivity index (χ4n) is 2.59. The number of hydrogen-bond donors (Lipinski definition) is 2. The molecule has 0 heterocycles. The summed E-state index contributed by atoms with van der Waals surface area (Å²) in [6.45, 7) is 0. The minimum absolute atomic E-state index is 0.147. The highest BCUT2D eigenvalue weighted by molar-refractivity contribution is 5.70. The summed E-state index contributed by atoms with van der Waals surface area (Å²) in [5, 5.41) is 10.3. The van der Waals surface area contributed by atoms with Gasteiger partial charge in [-0.3, -0.25) is 5.21 Å². The number of nitrogens with two attached hydrogens (primary N) is 1. The van der Waals surface area contributed by atoms with Crippen LogP contribution in [0.2, 0.25) is 0 Å². The largest absolute Gasteiger partial charge is 0.350 e. The average Bonchev–Trinajstić information content (AvgIpc) is 2.39. The molecule has 2 atom stereocenters. The van der Waals surface area contributed by atoms with Crippen molar-refractivity contribution in [3.8, 4) is 0 Å². The van der Waals surface area contributed by atoms with E-state index in [9.17, 15) is 10.0 Å². The highest BCUT2D eigenvalue weighted by atomic mass is 16.5. The number of amides is 2. The third-order valence-corrected chi connectivity index (χ3v) is 3.49. The number of rotatable bonds is 2. The topological polar surface area (TPSA) is 66.6 Å². The Hall–Kier alpha value is -1.55. The van der Waals surface area contributed by atoms with Crippen molar-refractivity contribution in [1.29, 1.82) is 0 Å². The molecule has 4 nitrogen and oxygen atoms in total. The molecule has 2 rings (SSSR count). The zero-order valence-corrected chi connectivity index (χ0v) is 9.75. The Bertz CT molecular complexity index is 380. The lowest BCUT2D eigenvalue weighted by molar-refractivity contribution is -0.0858. The van der Waals surface area contributed by atoms with E-state index in [2.05, 4.69) is 12.1 Å². The SMILES string of the molecule is NC(=O)N(O)[C@H]1CCC[C@@H](c2ccccc2)C1. The minimum Gasteiger partial charge on any atom is -0.350 e. The number of benzene rings is 1. The summed E-state index contributed by atoms with van der Waals surface area (Å²) < 4.78 is 0. The van der Waals surface area contributed by atoms with Crippen molar-refractivity contribution in [3.63, 3.8) is 0 Å². The molecule has 0 aromatic heterocycles. The molecule has 0 radical (unpaired) electrons. The molecule has 0 saturated heterocycles. The van der Waals surface area contributed by atoms with Crippen molar-refractivity contribution in [3.05, 3.63) is 35.9 Å². The Balaban J connectivity index is 2.05. The Morgan fingerprint density at radius 1 is 1.29 bits per heavy atom. The van der Waals surface area contributed by atoms with E-state index < -0.39 is 6.03 Å². The van der Waals surface area contributed by atoms with Gasteiger partial charge < -0.3 is 5.73 Å². The number of hydrogen-bond acceptors (Lipinski definition) is 2. The third kappa shape index (κ3) is 2.77. The first-order valence-corrected chi connectivity index (χ1v) is 6.01. The van der Waals surface area contributed by atoms with Gasteiger partial charge in [-0.25, -0.2) is 9.86 Å². The third-order valence-electron chi connectivity index (χ3n) is 3.49. The lowest BCUT2D eigenvalue weighted by atomic mass is 9.81. The van der Waals surface area contributed by atoms with Crippen LogP contribution in [-0.4, -0.2) is 22.3 Å². The van der Waals surface area contributed by atoms with Gasteiger partial charge >= 0.3 is 6.03 Å². The molecule has 1 aromatic rings. The van der Waals surface area contributed by atoms with Crippen LogP contribution in [0, 0.1) is 0 Å². The number of carbonyl (C=O) groups is 1. The van der Waals surface area contributed by atoms with Crippen LogP contribution in [0.3, 0.4) is 0 Å². The van der Waals surface area contributed by atoms with Gasteiger partial charge in [-0.15, -0.1) is 0 Å². The van der Waals surface area contributed by atoms with E-state index >= 15 is 0 Å². The van der Waals surface area contributed by atoms with Crippen LogP contribution in [0.4, 0.5) is 4.79 Å². The molecule has 92 valence electrons. The molecular formula is C13H18N2O2. The van der Waals surface area contributed by atoms with Gasteiger partial charge in [0.25, 0.3) is 0 Å². The molecule has 1 fully saturated rings. The van der Waals surface area contributed by atoms with Crippen molar-refractivity contribution in [2.45, 2.75) is 37.6 Å². The van der Waals surface area contributed by atoms with Crippen molar-refractivity contribution in [2.24, 2.45) is 5.73 Å².